The van der Waals surface area contributed by atoms with E-state index in [0.29, 0.717) is 46.4 Å². The van der Waals surface area contributed by atoms with Crippen LogP contribution in [0, 0.1) is 5.82 Å². The molecule has 2 heterocycles. The number of carbonyl (C=O) groups excluding carboxylic acids is 2. The lowest BCUT2D eigenvalue weighted by atomic mass is 10.0. The normalized spacial score (nSPS) is 14.6. The van der Waals surface area contributed by atoms with E-state index in [4.69, 9.17) is 37.1 Å². The molecule has 1 fully saturated rings. The number of nitrogens with one attached hydrogen (secondary N) is 2. The lowest BCUT2D eigenvalue weighted by molar-refractivity contribution is -0.124. The SMILES string of the molecule is CCOc1c(Cl)cc(Cl)cc1-c1cnc([C@@H](C)NC(=O)C2(NC(=O)c3cnc(OC)o3)CC2)c(F)c1. The van der Waals surface area contributed by atoms with Gasteiger partial charge in [0.2, 0.25) is 11.7 Å². The number of hydrogen-bond acceptors (Lipinski definition) is 7. The van der Waals surface area contributed by atoms with Crippen molar-refractivity contribution in [2.45, 2.75) is 38.3 Å². The Hall–Kier alpha value is -3.37. The van der Waals surface area contributed by atoms with Gasteiger partial charge in [-0.05, 0) is 44.9 Å². The highest BCUT2D eigenvalue weighted by Crippen LogP contribution is 2.40. The van der Waals surface area contributed by atoms with Crippen LogP contribution in [0.15, 0.2) is 35.0 Å². The maximum atomic E-state index is 15.1. The topological polar surface area (TPSA) is 116 Å². The minimum atomic E-state index is -1.12. The van der Waals surface area contributed by atoms with Gasteiger partial charge in [0, 0.05) is 22.3 Å². The summed E-state index contributed by atoms with van der Waals surface area (Å²) >= 11 is 12.4. The highest BCUT2D eigenvalue weighted by atomic mass is 35.5. The number of ether oxygens (including phenoxy) is 2. The summed E-state index contributed by atoms with van der Waals surface area (Å²) in [6, 6.07) is 3.66. The molecule has 0 saturated heterocycles. The Morgan fingerprint density at radius 2 is 1.97 bits per heavy atom. The second kappa shape index (κ2) is 10.3. The first-order chi connectivity index (χ1) is 17.2. The van der Waals surface area contributed by atoms with Gasteiger partial charge in [-0.25, -0.2) is 4.39 Å². The van der Waals surface area contributed by atoms with Gasteiger partial charge in [-0.3, -0.25) is 14.6 Å². The van der Waals surface area contributed by atoms with E-state index in [-0.39, 0.29) is 17.5 Å². The first kappa shape index (κ1) is 25.7. The van der Waals surface area contributed by atoms with Gasteiger partial charge < -0.3 is 24.5 Å². The molecule has 0 radical (unpaired) electrons. The molecular formula is C24H23Cl2FN4O5. The van der Waals surface area contributed by atoms with Crippen LogP contribution in [-0.2, 0) is 4.79 Å². The van der Waals surface area contributed by atoms with Crippen LogP contribution in [0.5, 0.6) is 11.8 Å². The fourth-order valence-corrected chi connectivity index (χ4v) is 4.20. The van der Waals surface area contributed by atoms with Crippen molar-refractivity contribution in [3.63, 3.8) is 0 Å². The van der Waals surface area contributed by atoms with Crippen molar-refractivity contribution in [3.8, 4) is 23.0 Å². The van der Waals surface area contributed by atoms with Gasteiger partial charge in [-0.1, -0.05) is 23.2 Å². The standard InChI is InChI=1S/C24H23Cl2FN4O5/c1-4-35-20-15(8-14(25)9-16(20)26)13-7-17(27)19(28-10-13)12(2)30-22(33)24(5-6-24)31-21(32)18-11-29-23(34-3)36-18/h7-12H,4-6H2,1-3H3,(H,30,33)(H,31,32)/t12-/m1/s1. The average Bonchev–Trinajstić information content (AvgIpc) is 3.45. The molecule has 190 valence electrons. The summed E-state index contributed by atoms with van der Waals surface area (Å²) in [4.78, 5) is 33.4. The number of hydrogen-bond donors (Lipinski definition) is 2. The number of nitrogens with zero attached hydrogens (tertiary/aromatic N) is 2. The van der Waals surface area contributed by atoms with Gasteiger partial charge >= 0.3 is 6.08 Å². The first-order valence-corrected chi connectivity index (χ1v) is 11.8. The van der Waals surface area contributed by atoms with E-state index >= 15 is 4.39 Å². The molecule has 1 aliphatic rings. The van der Waals surface area contributed by atoms with Gasteiger partial charge in [0.05, 0.1) is 36.7 Å². The fourth-order valence-electron chi connectivity index (χ4n) is 3.65. The van der Waals surface area contributed by atoms with Crippen LogP contribution in [-0.4, -0.2) is 41.0 Å². The Bertz CT molecular complexity index is 1310. The molecule has 1 aromatic carbocycles. The fraction of sp³-hybridized carbons (Fsp3) is 0.333. The number of halogens is 3. The number of pyridine rings is 1. The molecule has 0 bridgehead atoms. The smallest absolute Gasteiger partial charge is 0.393 e. The zero-order valence-electron chi connectivity index (χ0n) is 19.7. The minimum Gasteiger partial charge on any atom is -0.492 e. The highest BCUT2D eigenvalue weighted by molar-refractivity contribution is 6.36. The Morgan fingerprint density at radius 3 is 2.58 bits per heavy atom. The molecule has 4 rings (SSSR count). The van der Waals surface area contributed by atoms with Gasteiger partial charge in [-0.2, -0.15) is 4.98 Å². The van der Waals surface area contributed by atoms with E-state index in [1.165, 1.54) is 25.6 Å². The molecule has 0 aliphatic heterocycles. The number of oxazole rings is 1. The molecule has 2 aromatic heterocycles. The van der Waals surface area contributed by atoms with Crippen molar-refractivity contribution in [3.05, 3.63) is 57.9 Å². The van der Waals surface area contributed by atoms with Crippen molar-refractivity contribution in [2.75, 3.05) is 13.7 Å². The lowest BCUT2D eigenvalue weighted by Gasteiger charge is -2.21. The van der Waals surface area contributed by atoms with Crippen LogP contribution in [0.1, 0.15) is 49.0 Å². The van der Waals surface area contributed by atoms with Crippen molar-refractivity contribution in [2.24, 2.45) is 0 Å². The largest absolute Gasteiger partial charge is 0.492 e. The van der Waals surface area contributed by atoms with E-state index in [1.54, 1.807) is 26.0 Å². The lowest BCUT2D eigenvalue weighted by Crippen LogP contribution is -2.49. The van der Waals surface area contributed by atoms with E-state index in [2.05, 4.69) is 20.6 Å². The number of amides is 2. The Balaban J connectivity index is 1.48. The van der Waals surface area contributed by atoms with Crippen molar-refractivity contribution in [1.29, 1.82) is 0 Å². The molecule has 12 heteroatoms. The molecule has 0 spiro atoms. The number of benzene rings is 1. The van der Waals surface area contributed by atoms with Crippen LogP contribution in [0.25, 0.3) is 11.1 Å². The minimum absolute atomic E-state index is 0.0280. The second-order valence-corrected chi connectivity index (χ2v) is 9.06. The summed E-state index contributed by atoms with van der Waals surface area (Å²) in [5, 5.41) is 6.05. The molecule has 2 amide bonds. The zero-order chi connectivity index (χ0) is 26.0. The van der Waals surface area contributed by atoms with E-state index < -0.39 is 29.2 Å². The summed E-state index contributed by atoms with van der Waals surface area (Å²) in [7, 11) is 1.35. The van der Waals surface area contributed by atoms with Crippen LogP contribution >= 0.6 is 23.2 Å². The van der Waals surface area contributed by atoms with Crippen molar-refractivity contribution >= 4 is 35.0 Å². The summed E-state index contributed by atoms with van der Waals surface area (Å²) in [6.07, 6.45) is 3.44. The monoisotopic (exact) mass is 536 g/mol. The molecule has 0 unspecified atom stereocenters. The third kappa shape index (κ3) is 5.24. The average molecular weight is 537 g/mol. The Kier molecular flexibility index (Phi) is 7.37. The molecule has 3 aromatic rings. The molecule has 36 heavy (non-hydrogen) atoms. The summed E-state index contributed by atoms with van der Waals surface area (Å²) in [5.41, 5.74) is -0.185. The molecule has 1 saturated carbocycles. The summed E-state index contributed by atoms with van der Waals surface area (Å²) in [5.74, 6) is -1.42. The maximum absolute atomic E-state index is 15.1. The van der Waals surface area contributed by atoms with Gasteiger partial charge in [0.15, 0.2) is 0 Å². The quantitative estimate of drug-likeness (QED) is 0.406. The van der Waals surface area contributed by atoms with Crippen LogP contribution < -0.4 is 20.1 Å². The predicted molar refractivity (Wildman–Crippen MR) is 130 cm³/mol. The van der Waals surface area contributed by atoms with Gasteiger partial charge in [0.25, 0.3) is 5.91 Å². The Labute approximate surface area is 216 Å². The number of rotatable bonds is 9. The van der Waals surface area contributed by atoms with E-state index in [0.717, 1.165) is 0 Å². The first-order valence-electron chi connectivity index (χ1n) is 11.1. The number of carbonyl (C=O) groups is 2. The van der Waals surface area contributed by atoms with Crippen molar-refractivity contribution < 1.29 is 27.9 Å². The van der Waals surface area contributed by atoms with Crippen molar-refractivity contribution in [1.82, 2.24) is 20.6 Å². The predicted octanol–water partition coefficient (Wildman–Crippen LogP) is 4.73. The third-order valence-electron chi connectivity index (χ3n) is 5.66. The van der Waals surface area contributed by atoms with Crippen LogP contribution in [0.4, 0.5) is 4.39 Å². The van der Waals surface area contributed by atoms with Crippen LogP contribution in [0.2, 0.25) is 10.0 Å². The van der Waals surface area contributed by atoms with Gasteiger partial charge in [0.1, 0.15) is 17.1 Å². The maximum Gasteiger partial charge on any atom is 0.393 e. The van der Waals surface area contributed by atoms with Crippen LogP contribution in [0.3, 0.4) is 0 Å². The Morgan fingerprint density at radius 1 is 1.22 bits per heavy atom. The highest BCUT2D eigenvalue weighted by Gasteiger charge is 2.52. The van der Waals surface area contributed by atoms with E-state index in [1.807, 2.05) is 0 Å². The zero-order valence-corrected chi connectivity index (χ0v) is 21.2. The molecular weight excluding hydrogens is 514 g/mol. The van der Waals surface area contributed by atoms with Gasteiger partial charge in [-0.15, -0.1) is 0 Å². The molecule has 2 N–H and O–H groups in total. The summed E-state index contributed by atoms with van der Waals surface area (Å²) in [6.45, 7) is 3.76. The number of methoxy groups -OCH3 is 1. The molecule has 1 aliphatic carbocycles. The third-order valence-corrected chi connectivity index (χ3v) is 6.15. The number of aromatic nitrogens is 2. The van der Waals surface area contributed by atoms with E-state index in [9.17, 15) is 9.59 Å². The summed E-state index contributed by atoms with van der Waals surface area (Å²) < 4.78 is 30.7. The second-order valence-electron chi connectivity index (χ2n) is 8.21. The molecule has 9 nitrogen and oxygen atoms in total. The molecule has 1 atom stereocenters.